The SMILES string of the molecule is COCCNCC(C)=Cc1cc(Br)c(Br)o1. The van der Waals surface area contributed by atoms with E-state index in [9.17, 15) is 0 Å². The molecule has 0 spiro atoms. The molecule has 5 heteroatoms. The summed E-state index contributed by atoms with van der Waals surface area (Å²) in [4.78, 5) is 0. The van der Waals surface area contributed by atoms with Gasteiger partial charge >= 0.3 is 0 Å². The molecule has 0 bridgehead atoms. The van der Waals surface area contributed by atoms with Crippen LogP contribution >= 0.6 is 31.9 Å². The van der Waals surface area contributed by atoms with E-state index in [0.29, 0.717) is 0 Å². The summed E-state index contributed by atoms with van der Waals surface area (Å²) in [6.45, 7) is 4.47. The number of nitrogens with one attached hydrogen (secondary N) is 1. The van der Waals surface area contributed by atoms with Gasteiger partial charge in [-0.15, -0.1) is 0 Å². The fraction of sp³-hybridized carbons (Fsp3) is 0.455. The van der Waals surface area contributed by atoms with E-state index in [0.717, 1.165) is 34.6 Å². The minimum absolute atomic E-state index is 0.721. The first-order chi connectivity index (χ1) is 7.63. The second-order valence-corrected chi connectivity index (χ2v) is 5.01. The van der Waals surface area contributed by atoms with Crippen LogP contribution in [0.15, 0.2) is 25.2 Å². The predicted molar refractivity (Wildman–Crippen MR) is 72.5 cm³/mol. The standard InChI is InChI=1S/C11H15Br2NO2/c1-8(7-14-3-4-15-2)5-9-6-10(12)11(13)16-9/h5-6,14H,3-4,7H2,1-2H3. The Bertz CT molecular complexity index is 341. The van der Waals surface area contributed by atoms with E-state index in [1.807, 2.05) is 12.1 Å². The van der Waals surface area contributed by atoms with Crippen LogP contribution in [0.25, 0.3) is 6.08 Å². The van der Waals surface area contributed by atoms with Gasteiger partial charge in [0.2, 0.25) is 0 Å². The van der Waals surface area contributed by atoms with Crippen LogP contribution in [0.4, 0.5) is 0 Å². The van der Waals surface area contributed by atoms with Crippen molar-refractivity contribution in [1.82, 2.24) is 5.32 Å². The highest BCUT2D eigenvalue weighted by Crippen LogP contribution is 2.27. The Morgan fingerprint density at radius 3 is 2.88 bits per heavy atom. The summed E-state index contributed by atoms with van der Waals surface area (Å²) in [5, 5.41) is 3.27. The second kappa shape index (κ2) is 7.27. The molecule has 3 nitrogen and oxygen atoms in total. The van der Waals surface area contributed by atoms with Gasteiger partial charge in [0, 0.05) is 20.2 Å². The highest BCUT2D eigenvalue weighted by molar-refractivity contribution is 9.13. The number of ether oxygens (including phenoxy) is 1. The zero-order chi connectivity index (χ0) is 12.0. The lowest BCUT2D eigenvalue weighted by atomic mass is 10.2. The number of rotatable bonds is 6. The molecule has 0 aliphatic heterocycles. The predicted octanol–water partition coefficient (Wildman–Crippen LogP) is 3.44. The molecular weight excluding hydrogens is 338 g/mol. The molecular formula is C11H15Br2NO2. The summed E-state index contributed by atoms with van der Waals surface area (Å²) >= 11 is 6.68. The Hall–Kier alpha value is -0.100. The van der Waals surface area contributed by atoms with Crippen molar-refractivity contribution in [3.05, 3.63) is 26.5 Å². The highest BCUT2D eigenvalue weighted by Gasteiger charge is 2.03. The Kier molecular flexibility index (Phi) is 6.34. The normalized spacial score (nSPS) is 12.1. The first-order valence-corrected chi connectivity index (χ1v) is 6.53. The van der Waals surface area contributed by atoms with Crippen LogP contribution in [0, 0.1) is 0 Å². The lowest BCUT2D eigenvalue weighted by Gasteiger charge is -2.03. The summed E-state index contributed by atoms with van der Waals surface area (Å²) in [6, 6.07) is 1.93. The third kappa shape index (κ3) is 4.82. The molecule has 1 aromatic rings. The maximum Gasteiger partial charge on any atom is 0.184 e. The number of hydrogen-bond donors (Lipinski definition) is 1. The molecule has 0 radical (unpaired) electrons. The van der Waals surface area contributed by atoms with E-state index >= 15 is 0 Å². The fourth-order valence-corrected chi connectivity index (χ4v) is 1.80. The Labute approximate surface area is 112 Å². The van der Waals surface area contributed by atoms with E-state index < -0.39 is 0 Å². The number of furan rings is 1. The molecule has 1 rings (SSSR count). The minimum atomic E-state index is 0.721. The van der Waals surface area contributed by atoms with Crippen LogP contribution in [-0.2, 0) is 4.74 Å². The topological polar surface area (TPSA) is 34.4 Å². The van der Waals surface area contributed by atoms with E-state index in [1.54, 1.807) is 7.11 Å². The molecule has 1 heterocycles. The molecule has 0 saturated carbocycles. The van der Waals surface area contributed by atoms with Crippen LogP contribution < -0.4 is 5.32 Å². The average Bonchev–Trinajstić information content (AvgIpc) is 2.53. The summed E-state index contributed by atoms with van der Waals surface area (Å²) in [5.74, 6) is 0.838. The molecule has 90 valence electrons. The van der Waals surface area contributed by atoms with E-state index in [1.165, 1.54) is 5.57 Å². The average molecular weight is 353 g/mol. The molecule has 0 amide bonds. The zero-order valence-corrected chi connectivity index (χ0v) is 12.5. The van der Waals surface area contributed by atoms with Crippen molar-refractivity contribution < 1.29 is 9.15 Å². The van der Waals surface area contributed by atoms with E-state index in [2.05, 4.69) is 44.1 Å². The number of halogens is 2. The summed E-state index contributed by atoms with van der Waals surface area (Å²) < 4.78 is 12.1. The van der Waals surface area contributed by atoms with Gasteiger partial charge in [-0.05, 0) is 50.9 Å². The van der Waals surface area contributed by atoms with Crippen molar-refractivity contribution in [2.75, 3.05) is 26.8 Å². The smallest absolute Gasteiger partial charge is 0.184 e. The van der Waals surface area contributed by atoms with Crippen LogP contribution in [0.2, 0.25) is 0 Å². The molecule has 0 atom stereocenters. The molecule has 1 N–H and O–H groups in total. The highest BCUT2D eigenvalue weighted by atomic mass is 79.9. The summed E-state index contributed by atoms with van der Waals surface area (Å²) in [6.07, 6.45) is 2.01. The lowest BCUT2D eigenvalue weighted by Crippen LogP contribution is -2.20. The molecule has 0 fully saturated rings. The van der Waals surface area contributed by atoms with Crippen molar-refractivity contribution in [1.29, 1.82) is 0 Å². The maximum absolute atomic E-state index is 5.45. The summed E-state index contributed by atoms with van der Waals surface area (Å²) in [7, 11) is 1.70. The van der Waals surface area contributed by atoms with Crippen molar-refractivity contribution in [3.8, 4) is 0 Å². The zero-order valence-electron chi connectivity index (χ0n) is 9.35. The third-order valence-corrected chi connectivity index (χ3v) is 3.65. The van der Waals surface area contributed by atoms with Crippen molar-refractivity contribution in [3.63, 3.8) is 0 Å². The monoisotopic (exact) mass is 351 g/mol. The summed E-state index contributed by atoms with van der Waals surface area (Å²) in [5.41, 5.74) is 1.21. The van der Waals surface area contributed by atoms with Gasteiger partial charge in [-0.2, -0.15) is 0 Å². The van der Waals surface area contributed by atoms with Gasteiger partial charge in [-0.1, -0.05) is 5.57 Å². The van der Waals surface area contributed by atoms with Gasteiger partial charge in [-0.25, -0.2) is 0 Å². The van der Waals surface area contributed by atoms with E-state index in [4.69, 9.17) is 9.15 Å². The molecule has 0 saturated heterocycles. The van der Waals surface area contributed by atoms with Crippen molar-refractivity contribution in [2.45, 2.75) is 6.92 Å². The first-order valence-electron chi connectivity index (χ1n) is 4.95. The van der Waals surface area contributed by atoms with Crippen LogP contribution in [0.5, 0.6) is 0 Å². The molecule has 0 aromatic carbocycles. The van der Waals surface area contributed by atoms with Gasteiger partial charge in [0.1, 0.15) is 5.76 Å². The Morgan fingerprint density at radius 2 is 2.31 bits per heavy atom. The molecule has 0 unspecified atom stereocenters. The Morgan fingerprint density at radius 1 is 1.56 bits per heavy atom. The Balaban J connectivity index is 2.43. The van der Waals surface area contributed by atoms with E-state index in [-0.39, 0.29) is 0 Å². The lowest BCUT2D eigenvalue weighted by molar-refractivity contribution is 0.200. The number of hydrogen-bond acceptors (Lipinski definition) is 3. The largest absolute Gasteiger partial charge is 0.449 e. The molecule has 0 aliphatic rings. The molecule has 0 aliphatic carbocycles. The minimum Gasteiger partial charge on any atom is -0.449 e. The maximum atomic E-state index is 5.45. The second-order valence-electron chi connectivity index (χ2n) is 3.43. The van der Waals surface area contributed by atoms with Crippen LogP contribution in [0.1, 0.15) is 12.7 Å². The van der Waals surface area contributed by atoms with Crippen LogP contribution in [-0.4, -0.2) is 26.8 Å². The van der Waals surface area contributed by atoms with Gasteiger partial charge < -0.3 is 14.5 Å². The molecule has 16 heavy (non-hydrogen) atoms. The van der Waals surface area contributed by atoms with Gasteiger partial charge in [-0.3, -0.25) is 0 Å². The van der Waals surface area contributed by atoms with Gasteiger partial charge in [0.05, 0.1) is 11.1 Å². The van der Waals surface area contributed by atoms with Crippen molar-refractivity contribution >= 4 is 37.9 Å². The van der Waals surface area contributed by atoms with Crippen LogP contribution in [0.3, 0.4) is 0 Å². The quantitative estimate of drug-likeness (QED) is 0.796. The molecule has 1 aromatic heterocycles. The third-order valence-electron chi connectivity index (χ3n) is 1.94. The van der Waals surface area contributed by atoms with Gasteiger partial charge in [0.25, 0.3) is 0 Å². The first kappa shape index (κ1) is 14.0. The fourth-order valence-electron chi connectivity index (χ4n) is 1.19. The van der Waals surface area contributed by atoms with Gasteiger partial charge in [0.15, 0.2) is 4.67 Å². The van der Waals surface area contributed by atoms with Crippen molar-refractivity contribution in [2.24, 2.45) is 0 Å². The number of methoxy groups -OCH3 is 1.